The molecule has 1 aromatic heterocycles. The first-order valence-corrected chi connectivity index (χ1v) is 9.10. The van der Waals surface area contributed by atoms with Crippen LogP contribution in [0.3, 0.4) is 0 Å². The SMILES string of the molecule is COc1ccc(Cl)cc1NC(=O)CN(C)C(=O)COC(=O)c1ccc(C)s1. The highest BCUT2D eigenvalue weighted by molar-refractivity contribution is 7.13. The molecule has 1 aromatic carbocycles. The largest absolute Gasteiger partial charge is 0.495 e. The molecule has 0 saturated carbocycles. The molecule has 2 aromatic rings. The number of esters is 1. The molecule has 0 radical (unpaired) electrons. The molecule has 1 heterocycles. The lowest BCUT2D eigenvalue weighted by molar-refractivity contribution is -0.136. The van der Waals surface area contributed by atoms with Crippen LogP contribution in [0.1, 0.15) is 14.5 Å². The van der Waals surface area contributed by atoms with Gasteiger partial charge in [-0.25, -0.2) is 4.79 Å². The minimum Gasteiger partial charge on any atom is -0.495 e. The van der Waals surface area contributed by atoms with Crippen LogP contribution in [-0.2, 0) is 14.3 Å². The van der Waals surface area contributed by atoms with Crippen molar-refractivity contribution in [1.29, 1.82) is 0 Å². The third-order valence-corrected chi connectivity index (χ3v) is 4.73. The summed E-state index contributed by atoms with van der Waals surface area (Å²) < 4.78 is 10.1. The van der Waals surface area contributed by atoms with E-state index < -0.39 is 24.4 Å². The van der Waals surface area contributed by atoms with Gasteiger partial charge < -0.3 is 19.7 Å². The summed E-state index contributed by atoms with van der Waals surface area (Å²) in [6.07, 6.45) is 0. The van der Waals surface area contributed by atoms with Crippen molar-refractivity contribution < 1.29 is 23.9 Å². The van der Waals surface area contributed by atoms with Gasteiger partial charge in [0.05, 0.1) is 19.3 Å². The van der Waals surface area contributed by atoms with Crippen LogP contribution in [0.15, 0.2) is 30.3 Å². The van der Waals surface area contributed by atoms with Gasteiger partial charge in [-0.3, -0.25) is 9.59 Å². The Morgan fingerprint density at radius 1 is 1.22 bits per heavy atom. The monoisotopic (exact) mass is 410 g/mol. The molecule has 144 valence electrons. The number of thiophene rings is 1. The van der Waals surface area contributed by atoms with Crippen LogP contribution in [0.25, 0.3) is 0 Å². The maximum absolute atomic E-state index is 12.2. The van der Waals surface area contributed by atoms with Gasteiger partial charge in [-0.1, -0.05) is 11.6 Å². The standard InChI is InChI=1S/C18H19ClN2O5S/c1-11-4-7-15(27-11)18(24)26-10-17(23)21(2)9-16(22)20-13-8-12(19)5-6-14(13)25-3/h4-8H,9-10H2,1-3H3,(H,20,22). The number of carbonyl (C=O) groups excluding carboxylic acids is 3. The number of rotatable bonds is 7. The van der Waals surface area contributed by atoms with Gasteiger partial charge in [0.2, 0.25) is 5.91 Å². The zero-order valence-electron chi connectivity index (χ0n) is 15.1. The first-order chi connectivity index (χ1) is 12.8. The number of likely N-dealkylation sites (N-methyl/N-ethyl adjacent to an activating group) is 1. The van der Waals surface area contributed by atoms with E-state index in [1.54, 1.807) is 30.3 Å². The zero-order valence-corrected chi connectivity index (χ0v) is 16.6. The molecule has 0 atom stereocenters. The molecule has 0 spiro atoms. The lowest BCUT2D eigenvalue weighted by atomic mass is 10.3. The second-order valence-electron chi connectivity index (χ2n) is 5.63. The van der Waals surface area contributed by atoms with E-state index in [1.165, 1.54) is 30.4 Å². The number of hydrogen-bond donors (Lipinski definition) is 1. The second-order valence-corrected chi connectivity index (χ2v) is 7.35. The number of halogens is 1. The predicted octanol–water partition coefficient (Wildman–Crippen LogP) is 2.97. The van der Waals surface area contributed by atoms with Crippen molar-refractivity contribution in [1.82, 2.24) is 4.90 Å². The van der Waals surface area contributed by atoms with E-state index in [4.69, 9.17) is 21.1 Å². The lowest BCUT2D eigenvalue weighted by Gasteiger charge is -2.17. The molecular weight excluding hydrogens is 392 g/mol. The fourth-order valence-corrected chi connectivity index (χ4v) is 3.06. The summed E-state index contributed by atoms with van der Waals surface area (Å²) in [6, 6.07) is 8.24. The summed E-state index contributed by atoms with van der Waals surface area (Å²) in [4.78, 5) is 38.7. The minimum atomic E-state index is -0.567. The maximum atomic E-state index is 12.2. The van der Waals surface area contributed by atoms with E-state index in [2.05, 4.69) is 5.32 Å². The van der Waals surface area contributed by atoms with Gasteiger partial charge in [-0.2, -0.15) is 0 Å². The van der Waals surface area contributed by atoms with Crippen LogP contribution >= 0.6 is 22.9 Å². The van der Waals surface area contributed by atoms with Crippen molar-refractivity contribution in [3.63, 3.8) is 0 Å². The van der Waals surface area contributed by atoms with Gasteiger partial charge in [0, 0.05) is 16.9 Å². The Labute approximate surface area is 165 Å². The molecule has 1 N–H and O–H groups in total. The third kappa shape index (κ3) is 5.97. The first kappa shape index (κ1) is 20.7. The van der Waals surface area contributed by atoms with E-state index in [-0.39, 0.29) is 6.54 Å². The molecule has 0 bridgehead atoms. The molecule has 0 unspecified atom stereocenters. The Kier molecular flexibility index (Phi) is 7.20. The summed E-state index contributed by atoms with van der Waals surface area (Å²) in [5.74, 6) is -1.05. The van der Waals surface area contributed by atoms with E-state index in [0.29, 0.717) is 21.3 Å². The topological polar surface area (TPSA) is 84.9 Å². The molecule has 0 fully saturated rings. The molecule has 2 amide bonds. The van der Waals surface area contributed by atoms with Gasteiger partial charge >= 0.3 is 5.97 Å². The van der Waals surface area contributed by atoms with Crippen LogP contribution in [0.2, 0.25) is 5.02 Å². The molecule has 0 aliphatic carbocycles. The Morgan fingerprint density at radius 2 is 1.96 bits per heavy atom. The smallest absolute Gasteiger partial charge is 0.348 e. The van der Waals surface area contributed by atoms with Crippen LogP contribution in [0, 0.1) is 6.92 Å². The molecule has 0 saturated heterocycles. The second kappa shape index (κ2) is 9.38. The van der Waals surface area contributed by atoms with Crippen molar-refractivity contribution in [2.75, 3.05) is 32.6 Å². The van der Waals surface area contributed by atoms with Crippen molar-refractivity contribution in [3.8, 4) is 5.75 Å². The van der Waals surface area contributed by atoms with Gasteiger partial charge in [-0.15, -0.1) is 11.3 Å². The summed E-state index contributed by atoms with van der Waals surface area (Å²) in [5.41, 5.74) is 0.398. The Hall–Kier alpha value is -2.58. The number of aryl methyl sites for hydroxylation is 1. The van der Waals surface area contributed by atoms with Crippen LogP contribution in [0.4, 0.5) is 5.69 Å². The number of hydrogen-bond acceptors (Lipinski definition) is 6. The summed E-state index contributed by atoms with van der Waals surface area (Å²) in [5, 5.41) is 3.07. The fourth-order valence-electron chi connectivity index (χ4n) is 2.12. The molecule has 27 heavy (non-hydrogen) atoms. The molecule has 7 nitrogen and oxygen atoms in total. The predicted molar refractivity (Wildman–Crippen MR) is 104 cm³/mol. The average Bonchev–Trinajstić information content (AvgIpc) is 3.06. The molecule has 2 rings (SSSR count). The highest BCUT2D eigenvalue weighted by atomic mass is 35.5. The van der Waals surface area contributed by atoms with E-state index in [1.807, 2.05) is 6.92 Å². The number of amides is 2. The van der Waals surface area contributed by atoms with Gasteiger partial charge in [0.25, 0.3) is 5.91 Å². The number of methoxy groups -OCH3 is 1. The quantitative estimate of drug-likeness (QED) is 0.709. The number of nitrogens with zero attached hydrogens (tertiary/aromatic N) is 1. The number of ether oxygens (including phenoxy) is 2. The Bertz CT molecular complexity index is 852. The molecule has 0 aliphatic heterocycles. The van der Waals surface area contributed by atoms with Crippen molar-refractivity contribution in [3.05, 3.63) is 45.1 Å². The summed E-state index contributed by atoms with van der Waals surface area (Å²) >= 11 is 7.20. The number of carbonyl (C=O) groups is 3. The minimum absolute atomic E-state index is 0.218. The summed E-state index contributed by atoms with van der Waals surface area (Å²) in [6.45, 7) is 1.21. The number of nitrogens with one attached hydrogen (secondary N) is 1. The van der Waals surface area contributed by atoms with E-state index >= 15 is 0 Å². The van der Waals surface area contributed by atoms with Crippen LogP contribution in [0.5, 0.6) is 5.75 Å². The van der Waals surface area contributed by atoms with Crippen LogP contribution in [-0.4, -0.2) is 50.0 Å². The number of benzene rings is 1. The van der Waals surface area contributed by atoms with Gasteiger partial charge in [0.1, 0.15) is 10.6 Å². The zero-order chi connectivity index (χ0) is 20.0. The average molecular weight is 411 g/mol. The van der Waals surface area contributed by atoms with Crippen molar-refractivity contribution in [2.45, 2.75) is 6.92 Å². The highest BCUT2D eigenvalue weighted by Crippen LogP contribution is 2.27. The molecular formula is C18H19ClN2O5S. The normalized spacial score (nSPS) is 10.2. The maximum Gasteiger partial charge on any atom is 0.348 e. The van der Waals surface area contributed by atoms with Gasteiger partial charge in [0.15, 0.2) is 6.61 Å². The van der Waals surface area contributed by atoms with Gasteiger partial charge in [-0.05, 0) is 37.3 Å². The highest BCUT2D eigenvalue weighted by Gasteiger charge is 2.17. The van der Waals surface area contributed by atoms with E-state index in [9.17, 15) is 14.4 Å². The Balaban J connectivity index is 1.85. The Morgan fingerprint density at radius 3 is 2.59 bits per heavy atom. The third-order valence-electron chi connectivity index (χ3n) is 3.51. The molecule has 9 heteroatoms. The first-order valence-electron chi connectivity index (χ1n) is 7.91. The molecule has 0 aliphatic rings. The van der Waals surface area contributed by atoms with Crippen molar-refractivity contribution >= 4 is 46.4 Å². The fraction of sp³-hybridized carbons (Fsp3) is 0.278. The lowest BCUT2D eigenvalue weighted by Crippen LogP contribution is -2.37. The number of anilines is 1. The van der Waals surface area contributed by atoms with E-state index in [0.717, 1.165) is 4.88 Å². The van der Waals surface area contributed by atoms with Crippen molar-refractivity contribution in [2.24, 2.45) is 0 Å². The summed E-state index contributed by atoms with van der Waals surface area (Å²) in [7, 11) is 2.91. The van der Waals surface area contributed by atoms with Crippen LogP contribution < -0.4 is 10.1 Å².